The van der Waals surface area contributed by atoms with E-state index in [0.717, 1.165) is 21.5 Å². The zero-order chi connectivity index (χ0) is 10.7. The molecule has 2 aromatic rings. The number of hydrogen-bond donors (Lipinski definition) is 1. The molecular formula is C10H9BrN4. The van der Waals surface area contributed by atoms with Gasteiger partial charge in [-0.15, -0.1) is 0 Å². The van der Waals surface area contributed by atoms with Gasteiger partial charge in [-0.25, -0.2) is 9.97 Å². The van der Waals surface area contributed by atoms with Crippen molar-refractivity contribution in [1.82, 2.24) is 15.0 Å². The number of aromatic nitrogens is 3. The van der Waals surface area contributed by atoms with Gasteiger partial charge in [-0.05, 0) is 34.5 Å². The number of anilines is 2. The van der Waals surface area contributed by atoms with Crippen molar-refractivity contribution < 1.29 is 0 Å². The number of hydrogen-bond acceptors (Lipinski definition) is 4. The van der Waals surface area contributed by atoms with Crippen molar-refractivity contribution in [1.29, 1.82) is 0 Å². The first-order valence-electron chi connectivity index (χ1n) is 4.40. The summed E-state index contributed by atoms with van der Waals surface area (Å²) < 4.78 is 0.825. The summed E-state index contributed by atoms with van der Waals surface area (Å²) in [5.74, 6) is 0.734. The van der Waals surface area contributed by atoms with E-state index in [1.54, 1.807) is 18.6 Å². The van der Waals surface area contributed by atoms with Gasteiger partial charge in [-0.1, -0.05) is 0 Å². The van der Waals surface area contributed by atoms with Crippen LogP contribution in [0.5, 0.6) is 0 Å². The minimum atomic E-state index is 0.734. The van der Waals surface area contributed by atoms with E-state index in [-0.39, 0.29) is 0 Å². The third-order valence-corrected chi connectivity index (χ3v) is 2.39. The van der Waals surface area contributed by atoms with Crippen LogP contribution < -0.4 is 5.32 Å². The Hall–Kier alpha value is -1.49. The minimum absolute atomic E-state index is 0.734. The molecule has 0 aliphatic carbocycles. The fourth-order valence-electron chi connectivity index (χ4n) is 1.16. The lowest BCUT2D eigenvalue weighted by molar-refractivity contribution is 1.15. The molecular weight excluding hydrogens is 256 g/mol. The van der Waals surface area contributed by atoms with E-state index in [0.29, 0.717) is 0 Å². The molecule has 0 saturated carbocycles. The van der Waals surface area contributed by atoms with Crippen molar-refractivity contribution in [2.75, 3.05) is 5.32 Å². The molecule has 15 heavy (non-hydrogen) atoms. The number of halogens is 1. The SMILES string of the molecule is Cc1cncc(Nc2ncncc2Br)c1. The van der Waals surface area contributed by atoms with Gasteiger partial charge in [0.25, 0.3) is 0 Å². The summed E-state index contributed by atoms with van der Waals surface area (Å²) in [5, 5.41) is 3.15. The molecule has 5 heteroatoms. The highest BCUT2D eigenvalue weighted by atomic mass is 79.9. The Balaban J connectivity index is 2.26. The van der Waals surface area contributed by atoms with E-state index in [9.17, 15) is 0 Å². The van der Waals surface area contributed by atoms with Crippen molar-refractivity contribution >= 4 is 27.4 Å². The molecule has 4 nitrogen and oxygen atoms in total. The molecule has 2 rings (SSSR count). The topological polar surface area (TPSA) is 50.7 Å². The van der Waals surface area contributed by atoms with Crippen LogP contribution in [0, 0.1) is 6.92 Å². The molecule has 0 atom stereocenters. The number of rotatable bonds is 2. The summed E-state index contributed by atoms with van der Waals surface area (Å²) in [6.45, 7) is 1.99. The Morgan fingerprint density at radius 2 is 2.07 bits per heavy atom. The van der Waals surface area contributed by atoms with Crippen LogP contribution in [0.15, 0.2) is 35.5 Å². The average molecular weight is 265 g/mol. The Morgan fingerprint density at radius 3 is 2.80 bits per heavy atom. The third-order valence-electron chi connectivity index (χ3n) is 1.81. The molecule has 0 amide bonds. The second kappa shape index (κ2) is 4.35. The van der Waals surface area contributed by atoms with E-state index in [2.05, 4.69) is 36.2 Å². The van der Waals surface area contributed by atoms with Gasteiger partial charge in [0.15, 0.2) is 0 Å². The van der Waals surface area contributed by atoms with Crippen LogP contribution in [0.4, 0.5) is 11.5 Å². The molecule has 2 heterocycles. The lowest BCUT2D eigenvalue weighted by Gasteiger charge is -2.06. The monoisotopic (exact) mass is 264 g/mol. The molecule has 2 aromatic heterocycles. The van der Waals surface area contributed by atoms with Crippen molar-refractivity contribution in [2.24, 2.45) is 0 Å². The number of pyridine rings is 1. The number of aryl methyl sites for hydroxylation is 1. The van der Waals surface area contributed by atoms with Gasteiger partial charge in [0.2, 0.25) is 0 Å². The molecule has 0 unspecified atom stereocenters. The maximum Gasteiger partial charge on any atom is 0.148 e. The van der Waals surface area contributed by atoms with Crippen molar-refractivity contribution in [3.8, 4) is 0 Å². The van der Waals surface area contributed by atoms with Gasteiger partial charge < -0.3 is 5.32 Å². The summed E-state index contributed by atoms with van der Waals surface area (Å²) in [6, 6.07) is 2.00. The van der Waals surface area contributed by atoms with Crippen molar-refractivity contribution in [3.63, 3.8) is 0 Å². The van der Waals surface area contributed by atoms with E-state index in [1.165, 1.54) is 6.33 Å². The predicted molar refractivity (Wildman–Crippen MR) is 62.0 cm³/mol. The second-order valence-electron chi connectivity index (χ2n) is 3.10. The molecule has 0 saturated heterocycles. The van der Waals surface area contributed by atoms with E-state index in [4.69, 9.17) is 0 Å². The molecule has 1 N–H and O–H groups in total. The normalized spacial score (nSPS) is 10.0. The summed E-state index contributed by atoms with van der Waals surface area (Å²) in [6.07, 6.45) is 6.75. The fraction of sp³-hybridized carbons (Fsp3) is 0.100. The maximum absolute atomic E-state index is 4.11. The lowest BCUT2D eigenvalue weighted by Crippen LogP contribution is -1.96. The first-order valence-corrected chi connectivity index (χ1v) is 5.19. The van der Waals surface area contributed by atoms with Crippen LogP contribution in [0.1, 0.15) is 5.56 Å². The Bertz CT molecular complexity index is 472. The van der Waals surface area contributed by atoms with Gasteiger partial charge in [-0.3, -0.25) is 4.98 Å². The third kappa shape index (κ3) is 2.50. The summed E-state index contributed by atoms with van der Waals surface area (Å²) in [5.41, 5.74) is 2.01. The molecule has 0 aliphatic rings. The Kier molecular flexibility index (Phi) is 2.91. The highest BCUT2D eigenvalue weighted by Crippen LogP contribution is 2.21. The zero-order valence-electron chi connectivity index (χ0n) is 8.11. The molecule has 0 aromatic carbocycles. The van der Waals surface area contributed by atoms with Crippen molar-refractivity contribution in [3.05, 3.63) is 41.0 Å². The van der Waals surface area contributed by atoms with E-state index < -0.39 is 0 Å². The first kappa shape index (κ1) is 10.0. The number of nitrogens with one attached hydrogen (secondary N) is 1. The molecule has 76 valence electrons. The minimum Gasteiger partial charge on any atom is -0.338 e. The maximum atomic E-state index is 4.11. The molecule has 0 bridgehead atoms. The predicted octanol–water partition coefficient (Wildman–Crippen LogP) is 2.69. The van der Waals surface area contributed by atoms with Gasteiger partial charge in [0, 0.05) is 12.4 Å². The van der Waals surface area contributed by atoms with Gasteiger partial charge in [0.1, 0.15) is 12.1 Å². The zero-order valence-corrected chi connectivity index (χ0v) is 9.69. The van der Waals surface area contributed by atoms with E-state index >= 15 is 0 Å². The lowest BCUT2D eigenvalue weighted by atomic mass is 10.3. The summed E-state index contributed by atoms with van der Waals surface area (Å²) in [4.78, 5) is 12.1. The Morgan fingerprint density at radius 1 is 1.20 bits per heavy atom. The smallest absolute Gasteiger partial charge is 0.148 e. The fourth-order valence-corrected chi connectivity index (χ4v) is 1.48. The Labute approximate surface area is 95.9 Å². The van der Waals surface area contributed by atoms with Crippen LogP contribution in [0.2, 0.25) is 0 Å². The summed E-state index contributed by atoms with van der Waals surface area (Å²) in [7, 11) is 0. The van der Waals surface area contributed by atoms with Crippen LogP contribution in [-0.4, -0.2) is 15.0 Å². The van der Waals surface area contributed by atoms with Gasteiger partial charge in [-0.2, -0.15) is 0 Å². The average Bonchev–Trinajstić information content (AvgIpc) is 2.22. The quantitative estimate of drug-likeness (QED) is 0.906. The van der Waals surface area contributed by atoms with Crippen LogP contribution in [0.25, 0.3) is 0 Å². The van der Waals surface area contributed by atoms with Crippen LogP contribution >= 0.6 is 15.9 Å². The molecule has 0 radical (unpaired) electrons. The standard InChI is InChI=1S/C10H9BrN4/c1-7-2-8(4-12-3-7)15-10-9(11)5-13-6-14-10/h2-6H,1H3,(H,13,14,15). The molecule has 0 fully saturated rings. The highest BCUT2D eigenvalue weighted by Gasteiger charge is 2.01. The number of nitrogens with zero attached hydrogens (tertiary/aromatic N) is 3. The highest BCUT2D eigenvalue weighted by molar-refractivity contribution is 9.10. The first-order chi connectivity index (χ1) is 7.25. The molecule has 0 spiro atoms. The van der Waals surface area contributed by atoms with E-state index in [1.807, 2.05) is 13.0 Å². The molecule has 0 aliphatic heterocycles. The van der Waals surface area contributed by atoms with Crippen molar-refractivity contribution in [2.45, 2.75) is 6.92 Å². The van der Waals surface area contributed by atoms with Crippen LogP contribution in [-0.2, 0) is 0 Å². The van der Waals surface area contributed by atoms with Gasteiger partial charge >= 0.3 is 0 Å². The summed E-state index contributed by atoms with van der Waals surface area (Å²) >= 11 is 3.36. The largest absolute Gasteiger partial charge is 0.338 e. The second-order valence-corrected chi connectivity index (χ2v) is 3.95. The van der Waals surface area contributed by atoms with Gasteiger partial charge in [0.05, 0.1) is 16.4 Å². The van der Waals surface area contributed by atoms with Crippen LogP contribution in [0.3, 0.4) is 0 Å².